The Morgan fingerprint density at radius 2 is 1.08 bits per heavy atom. The minimum atomic E-state index is -0.542. The summed E-state index contributed by atoms with van der Waals surface area (Å²) in [5, 5.41) is 4.79. The molecule has 1 aromatic heterocycles. The number of hydrogen-bond donors (Lipinski definition) is 0. The number of rotatable bonds is 4. The summed E-state index contributed by atoms with van der Waals surface area (Å²) in [6.45, 7) is 2.10. The summed E-state index contributed by atoms with van der Waals surface area (Å²) in [6.07, 6.45) is 1.87. The lowest BCUT2D eigenvalue weighted by atomic mass is 9.77. The molecule has 0 aliphatic carbocycles. The van der Waals surface area contributed by atoms with Crippen molar-refractivity contribution in [2.24, 2.45) is 0 Å². The molecule has 0 unspecified atom stereocenters. The molecule has 0 fully saturated rings. The predicted octanol–water partition coefficient (Wildman–Crippen LogP) is 5.79. The molecule has 0 N–H and O–H groups in total. The zero-order valence-electron chi connectivity index (χ0n) is 14.5. The van der Waals surface area contributed by atoms with E-state index in [9.17, 15) is 0 Å². The van der Waals surface area contributed by atoms with Gasteiger partial charge in [-0.15, -0.1) is 0 Å². The van der Waals surface area contributed by atoms with E-state index in [1.165, 1.54) is 16.7 Å². The van der Waals surface area contributed by atoms with Gasteiger partial charge in [0.05, 0.1) is 16.4 Å². The number of hydrogen-bond acceptors (Lipinski definition) is 1. The van der Waals surface area contributed by atoms with Gasteiger partial charge in [-0.05, 0) is 39.5 Å². The van der Waals surface area contributed by atoms with Crippen molar-refractivity contribution in [2.75, 3.05) is 0 Å². The molecule has 0 bridgehead atoms. The molecule has 0 atom stereocenters. The van der Waals surface area contributed by atoms with Crippen LogP contribution in [0.4, 0.5) is 0 Å². The molecule has 3 aromatic carbocycles. The first-order valence-corrected chi connectivity index (χ1v) is 9.41. The third-order valence-corrected chi connectivity index (χ3v) is 5.62. The fraction of sp³-hybridized carbons (Fsp3) is 0.0870. The molecular weight excluding hydrogens is 384 g/mol. The van der Waals surface area contributed by atoms with Crippen LogP contribution in [0, 0.1) is 6.92 Å². The summed E-state index contributed by atoms with van der Waals surface area (Å²) in [5.41, 5.74) is 4.07. The molecule has 0 spiro atoms. The van der Waals surface area contributed by atoms with Crippen molar-refractivity contribution in [3.8, 4) is 0 Å². The van der Waals surface area contributed by atoms with Crippen molar-refractivity contribution in [3.05, 3.63) is 124 Å². The van der Waals surface area contributed by atoms with Crippen LogP contribution < -0.4 is 0 Å². The lowest BCUT2D eigenvalue weighted by molar-refractivity contribution is 0.449. The molecule has 3 heteroatoms. The van der Waals surface area contributed by atoms with Crippen molar-refractivity contribution in [3.63, 3.8) is 0 Å². The van der Waals surface area contributed by atoms with E-state index >= 15 is 0 Å². The smallest absolute Gasteiger partial charge is 0.138 e. The van der Waals surface area contributed by atoms with Gasteiger partial charge in [-0.3, -0.25) is 0 Å². The zero-order valence-corrected chi connectivity index (χ0v) is 16.1. The Hall–Kier alpha value is -2.65. The van der Waals surface area contributed by atoms with E-state index < -0.39 is 5.54 Å². The second-order valence-electron chi connectivity index (χ2n) is 6.30. The molecule has 26 heavy (non-hydrogen) atoms. The Balaban J connectivity index is 2.16. The van der Waals surface area contributed by atoms with E-state index in [1.54, 1.807) is 0 Å². The first-order valence-electron chi connectivity index (χ1n) is 8.62. The molecule has 0 amide bonds. The SMILES string of the molecule is Cc1c(Br)cnn1C(c1ccccc1)(c1ccccc1)c1ccccc1. The zero-order chi connectivity index (χ0) is 18.0. The largest absolute Gasteiger partial charge is 0.249 e. The van der Waals surface area contributed by atoms with Crippen LogP contribution in [0.3, 0.4) is 0 Å². The Kier molecular flexibility index (Phi) is 4.48. The van der Waals surface area contributed by atoms with E-state index in [1.807, 2.05) is 6.20 Å². The van der Waals surface area contributed by atoms with Crippen LogP contribution >= 0.6 is 15.9 Å². The Labute approximate surface area is 162 Å². The normalized spacial score (nSPS) is 11.5. The van der Waals surface area contributed by atoms with Crippen LogP contribution in [0.1, 0.15) is 22.4 Å². The highest BCUT2D eigenvalue weighted by atomic mass is 79.9. The average Bonchev–Trinajstić information content (AvgIpc) is 3.04. The third kappa shape index (κ3) is 2.60. The highest BCUT2D eigenvalue weighted by Gasteiger charge is 2.40. The molecule has 1 heterocycles. The highest BCUT2D eigenvalue weighted by Crippen LogP contribution is 2.41. The van der Waals surface area contributed by atoms with E-state index in [0.29, 0.717) is 0 Å². The quantitative estimate of drug-likeness (QED) is 0.394. The van der Waals surface area contributed by atoms with E-state index in [-0.39, 0.29) is 0 Å². The summed E-state index contributed by atoms with van der Waals surface area (Å²) in [5.74, 6) is 0. The van der Waals surface area contributed by atoms with Crippen molar-refractivity contribution < 1.29 is 0 Å². The second-order valence-corrected chi connectivity index (χ2v) is 7.15. The topological polar surface area (TPSA) is 17.8 Å². The minimum absolute atomic E-state index is 0.542. The van der Waals surface area contributed by atoms with Gasteiger partial charge in [0.15, 0.2) is 0 Å². The lowest BCUT2D eigenvalue weighted by Crippen LogP contribution is -2.39. The van der Waals surface area contributed by atoms with Gasteiger partial charge < -0.3 is 0 Å². The van der Waals surface area contributed by atoms with Gasteiger partial charge in [-0.2, -0.15) is 5.10 Å². The third-order valence-electron chi connectivity index (χ3n) is 4.84. The Morgan fingerprint density at radius 3 is 1.38 bits per heavy atom. The van der Waals surface area contributed by atoms with Crippen LogP contribution in [-0.4, -0.2) is 9.78 Å². The maximum atomic E-state index is 4.79. The second kappa shape index (κ2) is 6.93. The Morgan fingerprint density at radius 1 is 0.692 bits per heavy atom. The van der Waals surface area contributed by atoms with Gasteiger partial charge in [0.1, 0.15) is 5.54 Å². The molecule has 4 rings (SSSR count). The van der Waals surface area contributed by atoms with Crippen LogP contribution in [0.25, 0.3) is 0 Å². The number of nitrogens with zero attached hydrogens (tertiary/aromatic N) is 2. The maximum absolute atomic E-state index is 4.79. The fourth-order valence-corrected chi connectivity index (χ4v) is 3.89. The molecular formula is C23H19BrN2. The molecule has 4 aromatic rings. The standard InChI is InChI=1S/C23H19BrN2/c1-18-22(24)17-25-26(18)23(19-11-5-2-6-12-19,20-13-7-3-8-14-20)21-15-9-4-10-16-21/h2-17H,1H3. The first kappa shape index (κ1) is 16.8. The van der Waals surface area contributed by atoms with Gasteiger partial charge >= 0.3 is 0 Å². The minimum Gasteiger partial charge on any atom is -0.249 e. The molecule has 0 saturated heterocycles. The van der Waals surface area contributed by atoms with Crippen molar-refractivity contribution in [1.29, 1.82) is 0 Å². The van der Waals surface area contributed by atoms with E-state index in [2.05, 4.69) is 119 Å². The van der Waals surface area contributed by atoms with Gasteiger partial charge in [0.25, 0.3) is 0 Å². The molecule has 0 radical (unpaired) electrons. The van der Waals surface area contributed by atoms with Crippen molar-refractivity contribution in [1.82, 2.24) is 9.78 Å². The van der Waals surface area contributed by atoms with E-state index in [4.69, 9.17) is 5.10 Å². The fourth-order valence-electron chi connectivity index (χ4n) is 3.63. The van der Waals surface area contributed by atoms with Crippen LogP contribution in [0.2, 0.25) is 0 Å². The van der Waals surface area contributed by atoms with Gasteiger partial charge in [0.2, 0.25) is 0 Å². The molecule has 0 saturated carbocycles. The maximum Gasteiger partial charge on any atom is 0.138 e. The number of aromatic nitrogens is 2. The summed E-state index contributed by atoms with van der Waals surface area (Å²) < 4.78 is 3.13. The summed E-state index contributed by atoms with van der Waals surface area (Å²) >= 11 is 3.64. The number of halogens is 1. The van der Waals surface area contributed by atoms with Gasteiger partial charge in [-0.1, -0.05) is 91.0 Å². The van der Waals surface area contributed by atoms with Gasteiger partial charge in [0, 0.05) is 0 Å². The highest BCUT2D eigenvalue weighted by molar-refractivity contribution is 9.10. The summed E-state index contributed by atoms with van der Waals surface area (Å²) in [6, 6.07) is 31.7. The van der Waals surface area contributed by atoms with E-state index in [0.717, 1.165) is 10.2 Å². The Bertz CT molecular complexity index is 896. The molecule has 128 valence electrons. The monoisotopic (exact) mass is 402 g/mol. The average molecular weight is 403 g/mol. The predicted molar refractivity (Wildman–Crippen MR) is 109 cm³/mol. The van der Waals surface area contributed by atoms with Crippen LogP contribution in [0.5, 0.6) is 0 Å². The summed E-state index contributed by atoms with van der Waals surface area (Å²) in [4.78, 5) is 0. The van der Waals surface area contributed by atoms with Crippen molar-refractivity contribution >= 4 is 15.9 Å². The lowest BCUT2D eigenvalue weighted by Gasteiger charge is -2.37. The van der Waals surface area contributed by atoms with Crippen LogP contribution in [-0.2, 0) is 5.54 Å². The van der Waals surface area contributed by atoms with Crippen LogP contribution in [0.15, 0.2) is 102 Å². The molecule has 0 aliphatic heterocycles. The van der Waals surface area contributed by atoms with Crippen molar-refractivity contribution in [2.45, 2.75) is 12.5 Å². The van der Waals surface area contributed by atoms with Gasteiger partial charge in [-0.25, -0.2) is 4.68 Å². The number of benzene rings is 3. The first-order chi connectivity index (χ1) is 12.7. The molecule has 2 nitrogen and oxygen atoms in total. The molecule has 0 aliphatic rings. The summed E-state index contributed by atoms with van der Waals surface area (Å²) in [7, 11) is 0.